The highest BCUT2D eigenvalue weighted by atomic mass is 16.2. The molecule has 3 rings (SSSR count). The Morgan fingerprint density at radius 3 is 2.32 bits per heavy atom. The number of carbonyl (C=O) groups excluding carboxylic acids is 2. The Hall–Kier alpha value is -3.21. The summed E-state index contributed by atoms with van der Waals surface area (Å²) < 4.78 is 1.80. The third-order valence-electron chi connectivity index (χ3n) is 4.70. The number of carbonyl (C=O) groups is 2. The average molecular weight is 375 g/mol. The number of Topliss-reactive ketones (excluding diaryl/α,β-unsaturated/α-hetero) is 1. The van der Waals surface area contributed by atoms with Gasteiger partial charge in [-0.15, -0.1) is 0 Å². The number of benzene rings is 2. The van der Waals surface area contributed by atoms with Crippen molar-refractivity contribution in [1.29, 1.82) is 0 Å². The molecule has 2 aromatic carbocycles. The summed E-state index contributed by atoms with van der Waals surface area (Å²) in [6.45, 7) is 2.63. The SMILES string of the molecule is CCc1ccc(C(=O)CCC(=O)NCCc2ccc(-n3cccn3)cc2)cc1. The Bertz CT molecular complexity index is 898. The van der Waals surface area contributed by atoms with Crippen LogP contribution in [0.3, 0.4) is 0 Å². The van der Waals surface area contributed by atoms with E-state index in [4.69, 9.17) is 0 Å². The van der Waals surface area contributed by atoms with Crippen molar-refractivity contribution in [3.63, 3.8) is 0 Å². The highest BCUT2D eigenvalue weighted by molar-refractivity contribution is 5.97. The third kappa shape index (κ3) is 5.39. The van der Waals surface area contributed by atoms with Crippen LogP contribution in [0.25, 0.3) is 5.69 Å². The van der Waals surface area contributed by atoms with Crippen LogP contribution in [0.4, 0.5) is 0 Å². The lowest BCUT2D eigenvalue weighted by Crippen LogP contribution is -2.26. The Morgan fingerprint density at radius 2 is 1.68 bits per heavy atom. The molecular weight excluding hydrogens is 350 g/mol. The molecule has 5 heteroatoms. The summed E-state index contributed by atoms with van der Waals surface area (Å²) in [4.78, 5) is 24.2. The van der Waals surface area contributed by atoms with E-state index in [9.17, 15) is 9.59 Å². The van der Waals surface area contributed by atoms with E-state index in [0.717, 1.165) is 24.1 Å². The molecule has 0 fully saturated rings. The lowest BCUT2D eigenvalue weighted by molar-refractivity contribution is -0.121. The molecule has 0 saturated carbocycles. The first-order valence-corrected chi connectivity index (χ1v) is 9.63. The van der Waals surface area contributed by atoms with Crippen molar-refractivity contribution < 1.29 is 9.59 Å². The molecule has 3 aromatic rings. The molecule has 1 amide bonds. The fraction of sp³-hybridized carbons (Fsp3) is 0.261. The number of nitrogens with zero attached hydrogens (tertiary/aromatic N) is 2. The van der Waals surface area contributed by atoms with Crippen LogP contribution in [0.1, 0.15) is 41.3 Å². The van der Waals surface area contributed by atoms with Crippen molar-refractivity contribution in [2.45, 2.75) is 32.6 Å². The summed E-state index contributed by atoms with van der Waals surface area (Å²) in [6, 6.07) is 17.6. The Morgan fingerprint density at radius 1 is 0.964 bits per heavy atom. The van der Waals surface area contributed by atoms with Crippen molar-refractivity contribution in [3.8, 4) is 5.69 Å². The molecule has 0 aliphatic carbocycles. The van der Waals surface area contributed by atoms with Crippen molar-refractivity contribution in [2.24, 2.45) is 0 Å². The van der Waals surface area contributed by atoms with Gasteiger partial charge in [0.05, 0.1) is 5.69 Å². The smallest absolute Gasteiger partial charge is 0.220 e. The van der Waals surface area contributed by atoms with E-state index in [2.05, 4.69) is 17.3 Å². The molecule has 0 saturated heterocycles. The zero-order valence-corrected chi connectivity index (χ0v) is 16.1. The summed E-state index contributed by atoms with van der Waals surface area (Å²) in [5.74, 6) is -0.0845. The highest BCUT2D eigenvalue weighted by Crippen LogP contribution is 2.10. The zero-order chi connectivity index (χ0) is 19.8. The second kappa shape index (κ2) is 9.65. The van der Waals surface area contributed by atoms with Gasteiger partial charge in [0.2, 0.25) is 5.91 Å². The molecule has 1 N–H and O–H groups in total. The van der Waals surface area contributed by atoms with Gasteiger partial charge in [-0.3, -0.25) is 9.59 Å². The van der Waals surface area contributed by atoms with Crippen LogP contribution in [0.2, 0.25) is 0 Å². The van der Waals surface area contributed by atoms with Gasteiger partial charge >= 0.3 is 0 Å². The molecule has 28 heavy (non-hydrogen) atoms. The van der Waals surface area contributed by atoms with Crippen LogP contribution in [0.15, 0.2) is 67.0 Å². The van der Waals surface area contributed by atoms with Gasteiger partial charge in [0, 0.05) is 37.3 Å². The lowest BCUT2D eigenvalue weighted by atomic mass is 10.0. The van der Waals surface area contributed by atoms with Crippen LogP contribution in [0, 0.1) is 0 Å². The first kappa shape index (κ1) is 19.5. The fourth-order valence-electron chi connectivity index (χ4n) is 2.97. The second-order valence-corrected chi connectivity index (χ2v) is 6.69. The summed E-state index contributed by atoms with van der Waals surface area (Å²) in [5, 5.41) is 7.09. The number of rotatable bonds is 9. The minimum Gasteiger partial charge on any atom is -0.356 e. The van der Waals surface area contributed by atoms with E-state index in [1.807, 2.05) is 60.8 Å². The van der Waals surface area contributed by atoms with Crippen molar-refractivity contribution in [3.05, 3.63) is 83.7 Å². The molecule has 0 aliphatic heterocycles. The van der Waals surface area contributed by atoms with Gasteiger partial charge in [-0.2, -0.15) is 5.10 Å². The van der Waals surface area contributed by atoms with E-state index in [1.165, 1.54) is 5.56 Å². The number of ketones is 1. The van der Waals surface area contributed by atoms with Crippen molar-refractivity contribution >= 4 is 11.7 Å². The third-order valence-corrected chi connectivity index (χ3v) is 4.70. The minimum absolute atomic E-state index is 0.00649. The van der Waals surface area contributed by atoms with E-state index in [0.29, 0.717) is 12.1 Å². The molecule has 5 nitrogen and oxygen atoms in total. The summed E-state index contributed by atoms with van der Waals surface area (Å²) in [5.41, 5.74) is 4.01. The van der Waals surface area contributed by atoms with E-state index in [1.54, 1.807) is 10.9 Å². The number of hydrogen-bond acceptors (Lipinski definition) is 3. The van der Waals surface area contributed by atoms with Gasteiger partial charge < -0.3 is 5.32 Å². The molecule has 0 unspecified atom stereocenters. The normalized spacial score (nSPS) is 10.6. The maximum absolute atomic E-state index is 12.2. The maximum Gasteiger partial charge on any atom is 0.220 e. The van der Waals surface area contributed by atoms with Crippen LogP contribution < -0.4 is 5.32 Å². The Kier molecular flexibility index (Phi) is 6.73. The average Bonchev–Trinajstić information content (AvgIpc) is 3.27. The topological polar surface area (TPSA) is 64.0 Å². The van der Waals surface area contributed by atoms with Gasteiger partial charge in [0.1, 0.15) is 0 Å². The standard InChI is InChI=1S/C23H25N3O2/c1-2-18-4-8-20(9-5-18)22(27)12-13-23(28)24-16-14-19-6-10-21(11-7-19)26-17-3-15-25-26/h3-11,15,17H,2,12-14,16H2,1H3,(H,24,28). The summed E-state index contributed by atoms with van der Waals surface area (Å²) in [7, 11) is 0. The van der Waals surface area contributed by atoms with Crippen LogP contribution >= 0.6 is 0 Å². The number of aromatic nitrogens is 2. The fourth-order valence-corrected chi connectivity index (χ4v) is 2.97. The molecule has 0 spiro atoms. The predicted molar refractivity (Wildman–Crippen MR) is 110 cm³/mol. The monoisotopic (exact) mass is 375 g/mol. The molecule has 0 aliphatic rings. The highest BCUT2D eigenvalue weighted by Gasteiger charge is 2.09. The second-order valence-electron chi connectivity index (χ2n) is 6.69. The molecule has 0 radical (unpaired) electrons. The lowest BCUT2D eigenvalue weighted by Gasteiger charge is -2.07. The van der Waals surface area contributed by atoms with Crippen LogP contribution in [0.5, 0.6) is 0 Å². The zero-order valence-electron chi connectivity index (χ0n) is 16.1. The van der Waals surface area contributed by atoms with Gasteiger partial charge in [0.15, 0.2) is 5.78 Å². The molecule has 1 aromatic heterocycles. The van der Waals surface area contributed by atoms with Crippen LogP contribution in [-0.4, -0.2) is 28.0 Å². The largest absolute Gasteiger partial charge is 0.356 e. The van der Waals surface area contributed by atoms with Crippen molar-refractivity contribution in [2.75, 3.05) is 6.54 Å². The number of aryl methyl sites for hydroxylation is 1. The van der Waals surface area contributed by atoms with Gasteiger partial charge in [-0.1, -0.05) is 43.3 Å². The van der Waals surface area contributed by atoms with E-state index >= 15 is 0 Å². The molecule has 1 heterocycles. The van der Waals surface area contributed by atoms with Gasteiger partial charge in [-0.25, -0.2) is 4.68 Å². The first-order chi connectivity index (χ1) is 13.7. The first-order valence-electron chi connectivity index (χ1n) is 9.63. The molecular formula is C23H25N3O2. The number of nitrogens with one attached hydrogen (secondary N) is 1. The van der Waals surface area contributed by atoms with Gasteiger partial charge in [0.25, 0.3) is 0 Å². The summed E-state index contributed by atoms with van der Waals surface area (Å²) in [6.07, 6.45) is 5.78. The van der Waals surface area contributed by atoms with Crippen LogP contribution in [-0.2, 0) is 17.6 Å². The number of amides is 1. The van der Waals surface area contributed by atoms with Crippen molar-refractivity contribution in [1.82, 2.24) is 15.1 Å². The molecule has 0 bridgehead atoms. The molecule has 144 valence electrons. The van der Waals surface area contributed by atoms with Gasteiger partial charge in [-0.05, 0) is 42.2 Å². The summed E-state index contributed by atoms with van der Waals surface area (Å²) >= 11 is 0. The van der Waals surface area contributed by atoms with E-state index in [-0.39, 0.29) is 24.5 Å². The number of hydrogen-bond donors (Lipinski definition) is 1. The van der Waals surface area contributed by atoms with E-state index < -0.39 is 0 Å². The maximum atomic E-state index is 12.2. The Balaban J connectivity index is 1.38. The quantitative estimate of drug-likeness (QED) is 0.579. The minimum atomic E-state index is -0.0910. The predicted octanol–water partition coefficient (Wildman–Crippen LogP) is 3.76. The Labute approximate surface area is 165 Å². The molecule has 0 atom stereocenters.